The Morgan fingerprint density at radius 1 is 1.35 bits per heavy atom. The number of nitrogens with one attached hydrogen (secondary N) is 1. The molecular weight excluding hydrogens is 220 g/mol. The van der Waals surface area contributed by atoms with Gasteiger partial charge in [0.1, 0.15) is 11.4 Å². The van der Waals surface area contributed by atoms with Gasteiger partial charge in [0.25, 0.3) is 5.56 Å². The van der Waals surface area contributed by atoms with Gasteiger partial charge in [0, 0.05) is 5.92 Å². The Kier molecular flexibility index (Phi) is 3.26. The summed E-state index contributed by atoms with van der Waals surface area (Å²) < 4.78 is 0. The van der Waals surface area contributed by atoms with Crippen LogP contribution in [0.25, 0.3) is 0 Å². The van der Waals surface area contributed by atoms with E-state index in [1.807, 2.05) is 0 Å². The van der Waals surface area contributed by atoms with Gasteiger partial charge < -0.3 is 10.1 Å². The first-order valence-electron chi connectivity index (χ1n) is 5.93. The van der Waals surface area contributed by atoms with Crippen molar-refractivity contribution in [1.82, 2.24) is 9.97 Å². The highest BCUT2D eigenvalue weighted by molar-refractivity contribution is 5.88. The molecule has 1 aromatic heterocycles. The quantitative estimate of drug-likeness (QED) is 0.820. The molecule has 92 valence electrons. The van der Waals surface area contributed by atoms with E-state index >= 15 is 0 Å². The molecule has 1 aliphatic carbocycles. The standard InChI is InChI=1S/C12H16N2O3/c1-7-9(12(16)17)11(15)14-10(13-7)8-5-3-2-4-6-8/h8H,2-6H2,1H3,(H,16,17)(H,13,14,15). The second kappa shape index (κ2) is 4.69. The summed E-state index contributed by atoms with van der Waals surface area (Å²) in [6, 6.07) is 0. The summed E-state index contributed by atoms with van der Waals surface area (Å²) in [5.74, 6) is -0.290. The van der Waals surface area contributed by atoms with E-state index in [1.54, 1.807) is 6.92 Å². The minimum absolute atomic E-state index is 0.246. The molecule has 2 N–H and O–H groups in total. The van der Waals surface area contributed by atoms with Gasteiger partial charge in [-0.1, -0.05) is 19.3 Å². The topological polar surface area (TPSA) is 83.0 Å². The summed E-state index contributed by atoms with van der Waals surface area (Å²) >= 11 is 0. The number of hydrogen-bond donors (Lipinski definition) is 2. The first-order valence-corrected chi connectivity index (χ1v) is 5.93. The van der Waals surface area contributed by atoms with Crippen molar-refractivity contribution in [2.24, 2.45) is 0 Å². The molecule has 2 rings (SSSR count). The minimum Gasteiger partial charge on any atom is -0.477 e. The fourth-order valence-electron chi connectivity index (χ4n) is 2.43. The molecule has 0 aliphatic heterocycles. The van der Waals surface area contributed by atoms with E-state index < -0.39 is 11.5 Å². The van der Waals surface area contributed by atoms with Crippen LogP contribution in [-0.4, -0.2) is 21.0 Å². The first kappa shape index (κ1) is 11.8. The number of carboxylic acid groups (broad SMARTS) is 1. The zero-order valence-electron chi connectivity index (χ0n) is 9.82. The van der Waals surface area contributed by atoms with Crippen LogP contribution in [0.15, 0.2) is 4.79 Å². The average molecular weight is 236 g/mol. The highest BCUT2D eigenvalue weighted by Crippen LogP contribution is 2.30. The number of hydrogen-bond acceptors (Lipinski definition) is 3. The average Bonchev–Trinajstić information content (AvgIpc) is 2.28. The lowest BCUT2D eigenvalue weighted by atomic mass is 9.88. The van der Waals surface area contributed by atoms with Gasteiger partial charge in [0.05, 0.1) is 5.69 Å². The van der Waals surface area contributed by atoms with Gasteiger partial charge >= 0.3 is 5.97 Å². The fraction of sp³-hybridized carbons (Fsp3) is 0.583. The van der Waals surface area contributed by atoms with Crippen molar-refractivity contribution < 1.29 is 9.90 Å². The Hall–Kier alpha value is -1.65. The molecule has 0 radical (unpaired) electrons. The summed E-state index contributed by atoms with van der Waals surface area (Å²) in [6.45, 7) is 1.57. The molecule has 0 bridgehead atoms. The van der Waals surface area contributed by atoms with Crippen LogP contribution in [0.3, 0.4) is 0 Å². The smallest absolute Gasteiger partial charge is 0.343 e. The van der Waals surface area contributed by atoms with Crippen LogP contribution in [0.2, 0.25) is 0 Å². The van der Waals surface area contributed by atoms with Crippen LogP contribution in [-0.2, 0) is 0 Å². The number of aromatic nitrogens is 2. The van der Waals surface area contributed by atoms with Crippen LogP contribution in [0, 0.1) is 6.92 Å². The first-order chi connectivity index (χ1) is 8.09. The molecule has 1 heterocycles. The molecule has 17 heavy (non-hydrogen) atoms. The van der Waals surface area contributed by atoms with Crippen LogP contribution < -0.4 is 5.56 Å². The predicted molar refractivity (Wildman–Crippen MR) is 62.4 cm³/mol. The maximum absolute atomic E-state index is 11.7. The van der Waals surface area contributed by atoms with Crippen LogP contribution in [0.1, 0.15) is 59.9 Å². The summed E-state index contributed by atoms with van der Waals surface area (Å²) in [7, 11) is 0. The molecule has 0 amide bonds. The van der Waals surface area contributed by atoms with Gasteiger partial charge in [-0.2, -0.15) is 0 Å². The molecule has 0 unspecified atom stereocenters. The zero-order valence-corrected chi connectivity index (χ0v) is 9.82. The van der Waals surface area contributed by atoms with E-state index in [4.69, 9.17) is 5.11 Å². The van der Waals surface area contributed by atoms with Crippen molar-refractivity contribution in [1.29, 1.82) is 0 Å². The molecular formula is C12H16N2O3. The maximum Gasteiger partial charge on any atom is 0.343 e. The lowest BCUT2D eigenvalue weighted by molar-refractivity contribution is 0.0693. The highest BCUT2D eigenvalue weighted by Gasteiger charge is 2.21. The number of H-pyrrole nitrogens is 1. The molecule has 1 saturated carbocycles. The van der Waals surface area contributed by atoms with Crippen molar-refractivity contribution in [3.63, 3.8) is 0 Å². The van der Waals surface area contributed by atoms with Gasteiger partial charge in [-0.25, -0.2) is 9.78 Å². The number of rotatable bonds is 2. The molecule has 1 fully saturated rings. The lowest BCUT2D eigenvalue weighted by Gasteiger charge is -2.20. The van der Waals surface area contributed by atoms with Crippen molar-refractivity contribution in [2.45, 2.75) is 44.9 Å². The van der Waals surface area contributed by atoms with Gasteiger partial charge in [0.2, 0.25) is 0 Å². The number of aromatic carboxylic acids is 1. The molecule has 5 nitrogen and oxygen atoms in total. The molecule has 1 aliphatic rings. The highest BCUT2D eigenvalue weighted by atomic mass is 16.4. The monoisotopic (exact) mass is 236 g/mol. The molecule has 0 atom stereocenters. The molecule has 0 aromatic carbocycles. The van der Waals surface area contributed by atoms with Crippen LogP contribution >= 0.6 is 0 Å². The van der Waals surface area contributed by atoms with Gasteiger partial charge in [-0.05, 0) is 19.8 Å². The molecule has 0 saturated heterocycles. The Bertz CT molecular complexity index is 487. The number of aromatic amines is 1. The van der Waals surface area contributed by atoms with Crippen LogP contribution in [0.4, 0.5) is 0 Å². The van der Waals surface area contributed by atoms with Crippen molar-refractivity contribution in [2.75, 3.05) is 0 Å². The Morgan fingerprint density at radius 3 is 2.53 bits per heavy atom. The summed E-state index contributed by atoms with van der Waals surface area (Å²) in [5, 5.41) is 8.89. The van der Waals surface area contributed by atoms with Crippen molar-refractivity contribution >= 4 is 5.97 Å². The number of aryl methyl sites for hydroxylation is 1. The molecule has 1 aromatic rings. The second-order valence-electron chi connectivity index (χ2n) is 4.55. The Labute approximate surface area is 98.9 Å². The number of nitrogens with zero attached hydrogens (tertiary/aromatic N) is 1. The SMILES string of the molecule is Cc1nc(C2CCCCC2)[nH]c(=O)c1C(=O)O. The van der Waals surface area contributed by atoms with E-state index in [2.05, 4.69) is 9.97 Å². The second-order valence-corrected chi connectivity index (χ2v) is 4.55. The summed E-state index contributed by atoms with van der Waals surface area (Å²) in [4.78, 5) is 29.4. The number of carboxylic acids is 1. The minimum atomic E-state index is -1.22. The normalized spacial score (nSPS) is 17.0. The lowest BCUT2D eigenvalue weighted by Crippen LogP contribution is -2.24. The summed E-state index contributed by atoms with van der Waals surface area (Å²) in [5.41, 5.74) is -0.475. The van der Waals surface area contributed by atoms with Gasteiger partial charge in [-0.3, -0.25) is 4.79 Å². The van der Waals surface area contributed by atoms with E-state index in [0.29, 0.717) is 11.5 Å². The maximum atomic E-state index is 11.7. The van der Waals surface area contributed by atoms with E-state index in [9.17, 15) is 9.59 Å². The number of carbonyl (C=O) groups is 1. The Balaban J connectivity index is 2.37. The van der Waals surface area contributed by atoms with Crippen LogP contribution in [0.5, 0.6) is 0 Å². The summed E-state index contributed by atoms with van der Waals surface area (Å²) in [6.07, 6.45) is 5.57. The zero-order chi connectivity index (χ0) is 12.4. The van der Waals surface area contributed by atoms with E-state index in [0.717, 1.165) is 25.7 Å². The third kappa shape index (κ3) is 2.38. The Morgan fingerprint density at radius 2 is 2.00 bits per heavy atom. The van der Waals surface area contributed by atoms with E-state index in [-0.39, 0.29) is 11.5 Å². The third-order valence-electron chi connectivity index (χ3n) is 3.32. The van der Waals surface area contributed by atoms with E-state index in [1.165, 1.54) is 6.42 Å². The molecule has 0 spiro atoms. The third-order valence-corrected chi connectivity index (χ3v) is 3.32. The molecule has 5 heteroatoms. The van der Waals surface area contributed by atoms with Gasteiger partial charge in [0.15, 0.2) is 0 Å². The van der Waals surface area contributed by atoms with Crippen molar-refractivity contribution in [3.05, 3.63) is 27.4 Å². The predicted octanol–water partition coefficient (Wildman–Crippen LogP) is 1.82. The van der Waals surface area contributed by atoms with Crippen molar-refractivity contribution in [3.8, 4) is 0 Å². The largest absolute Gasteiger partial charge is 0.477 e. The fourth-order valence-corrected chi connectivity index (χ4v) is 2.43. The van der Waals surface area contributed by atoms with Gasteiger partial charge in [-0.15, -0.1) is 0 Å².